The summed E-state index contributed by atoms with van der Waals surface area (Å²) in [6.45, 7) is 0.227. The molecule has 0 heterocycles. The van der Waals surface area contributed by atoms with E-state index in [4.69, 9.17) is 5.11 Å². The summed E-state index contributed by atoms with van der Waals surface area (Å²) < 4.78 is 4.58. The number of carbonyl (C=O) groups is 1. The van der Waals surface area contributed by atoms with Crippen molar-refractivity contribution < 1.29 is 24.9 Å². The normalized spacial score (nSPS) is 13.8. The minimum Gasteiger partial charge on any atom is -0.469 e. The Morgan fingerprint density at radius 1 is 0.818 bits per heavy atom. The number of methoxy groups -OCH3 is 1. The second kappa shape index (κ2) is 15.3. The van der Waals surface area contributed by atoms with Gasteiger partial charge >= 0.3 is 5.97 Å². The van der Waals surface area contributed by atoms with Crippen molar-refractivity contribution in [3.8, 4) is 0 Å². The standard InChI is InChI=1S/C17H34O5/c1-22-17(21)13-9-4-2-3-7-11-15(19)16(20)12-8-5-6-10-14-18/h15-16,18-20H,2-14H2,1H3/t15-,16-/m1/s1. The molecule has 0 fully saturated rings. The van der Waals surface area contributed by atoms with Gasteiger partial charge in [-0.3, -0.25) is 4.79 Å². The van der Waals surface area contributed by atoms with Crippen LogP contribution in [0.25, 0.3) is 0 Å². The van der Waals surface area contributed by atoms with Gasteiger partial charge in [-0.25, -0.2) is 0 Å². The predicted molar refractivity (Wildman–Crippen MR) is 86.5 cm³/mol. The molecule has 0 rings (SSSR count). The number of unbranched alkanes of at least 4 members (excludes halogenated alkanes) is 7. The van der Waals surface area contributed by atoms with E-state index in [1.54, 1.807) is 0 Å². The maximum absolute atomic E-state index is 10.9. The minimum absolute atomic E-state index is 0.155. The van der Waals surface area contributed by atoms with Crippen LogP contribution in [0.3, 0.4) is 0 Å². The van der Waals surface area contributed by atoms with Crippen LogP contribution in [0, 0.1) is 0 Å². The molecule has 0 aliphatic rings. The van der Waals surface area contributed by atoms with E-state index < -0.39 is 12.2 Å². The topological polar surface area (TPSA) is 87.0 Å². The molecule has 0 saturated heterocycles. The fraction of sp³-hybridized carbons (Fsp3) is 0.941. The van der Waals surface area contributed by atoms with Gasteiger partial charge in [0.25, 0.3) is 0 Å². The molecule has 132 valence electrons. The van der Waals surface area contributed by atoms with Crippen molar-refractivity contribution in [1.82, 2.24) is 0 Å². The summed E-state index contributed by atoms with van der Waals surface area (Å²) in [5.74, 6) is -0.155. The van der Waals surface area contributed by atoms with Gasteiger partial charge in [0, 0.05) is 13.0 Å². The second-order valence-electron chi connectivity index (χ2n) is 5.94. The first-order valence-corrected chi connectivity index (χ1v) is 8.65. The molecule has 0 radical (unpaired) electrons. The largest absolute Gasteiger partial charge is 0.469 e. The maximum atomic E-state index is 10.9. The van der Waals surface area contributed by atoms with Gasteiger partial charge in [-0.2, -0.15) is 0 Å². The SMILES string of the molecule is COC(=O)CCCCCCC[C@@H](O)[C@H](O)CCCCCCO. The molecule has 0 saturated carbocycles. The Bertz CT molecular complexity index is 257. The third-order valence-corrected chi connectivity index (χ3v) is 3.96. The third-order valence-electron chi connectivity index (χ3n) is 3.96. The average molecular weight is 318 g/mol. The van der Waals surface area contributed by atoms with Crippen molar-refractivity contribution in [1.29, 1.82) is 0 Å². The molecule has 0 aromatic heterocycles. The van der Waals surface area contributed by atoms with Crippen LogP contribution >= 0.6 is 0 Å². The van der Waals surface area contributed by atoms with Crippen LogP contribution in [0.2, 0.25) is 0 Å². The highest BCUT2D eigenvalue weighted by atomic mass is 16.5. The van der Waals surface area contributed by atoms with Crippen molar-refractivity contribution >= 4 is 5.97 Å². The summed E-state index contributed by atoms with van der Waals surface area (Å²) >= 11 is 0. The maximum Gasteiger partial charge on any atom is 0.305 e. The zero-order chi connectivity index (χ0) is 16.6. The lowest BCUT2D eigenvalue weighted by Crippen LogP contribution is -2.25. The molecular weight excluding hydrogens is 284 g/mol. The van der Waals surface area contributed by atoms with Crippen LogP contribution in [0.5, 0.6) is 0 Å². The van der Waals surface area contributed by atoms with Crippen LogP contribution in [-0.4, -0.2) is 47.2 Å². The third kappa shape index (κ3) is 13.0. The lowest BCUT2D eigenvalue weighted by atomic mass is 10.00. The number of aliphatic hydroxyl groups excluding tert-OH is 3. The van der Waals surface area contributed by atoms with Crippen LogP contribution in [0.15, 0.2) is 0 Å². The van der Waals surface area contributed by atoms with Crippen LogP contribution < -0.4 is 0 Å². The number of hydrogen-bond acceptors (Lipinski definition) is 5. The molecule has 0 aliphatic carbocycles. The molecule has 5 nitrogen and oxygen atoms in total. The fourth-order valence-corrected chi connectivity index (χ4v) is 2.46. The van der Waals surface area contributed by atoms with Crippen LogP contribution in [0.4, 0.5) is 0 Å². The molecule has 0 aliphatic heterocycles. The van der Waals surface area contributed by atoms with Gasteiger partial charge in [-0.1, -0.05) is 44.9 Å². The van der Waals surface area contributed by atoms with E-state index in [9.17, 15) is 15.0 Å². The van der Waals surface area contributed by atoms with E-state index in [0.717, 1.165) is 57.8 Å². The van der Waals surface area contributed by atoms with Crippen LogP contribution in [-0.2, 0) is 9.53 Å². The van der Waals surface area contributed by atoms with Crippen molar-refractivity contribution in [3.63, 3.8) is 0 Å². The first kappa shape index (κ1) is 21.4. The van der Waals surface area contributed by atoms with E-state index in [2.05, 4.69) is 4.74 Å². The smallest absolute Gasteiger partial charge is 0.305 e. The fourth-order valence-electron chi connectivity index (χ4n) is 2.46. The first-order chi connectivity index (χ1) is 10.6. The first-order valence-electron chi connectivity index (χ1n) is 8.65. The summed E-state index contributed by atoms with van der Waals surface area (Å²) in [6.07, 6.45) is 8.97. The molecule has 0 amide bonds. The van der Waals surface area contributed by atoms with Gasteiger partial charge in [0.2, 0.25) is 0 Å². The molecule has 0 aromatic rings. The van der Waals surface area contributed by atoms with E-state index >= 15 is 0 Å². The van der Waals surface area contributed by atoms with Crippen molar-refractivity contribution in [3.05, 3.63) is 0 Å². The Morgan fingerprint density at radius 2 is 1.27 bits per heavy atom. The number of aliphatic hydroxyl groups is 3. The Morgan fingerprint density at radius 3 is 1.77 bits per heavy atom. The van der Waals surface area contributed by atoms with Gasteiger partial charge in [-0.15, -0.1) is 0 Å². The molecule has 22 heavy (non-hydrogen) atoms. The van der Waals surface area contributed by atoms with E-state index in [1.807, 2.05) is 0 Å². The monoisotopic (exact) mass is 318 g/mol. The molecule has 0 bridgehead atoms. The highest BCUT2D eigenvalue weighted by Gasteiger charge is 2.15. The summed E-state index contributed by atoms with van der Waals surface area (Å²) in [6, 6.07) is 0. The van der Waals surface area contributed by atoms with Gasteiger partial charge < -0.3 is 20.1 Å². The van der Waals surface area contributed by atoms with Crippen molar-refractivity contribution in [2.75, 3.05) is 13.7 Å². The Kier molecular flexibility index (Phi) is 14.8. The summed E-state index contributed by atoms with van der Waals surface area (Å²) in [4.78, 5) is 10.9. The summed E-state index contributed by atoms with van der Waals surface area (Å²) in [5.41, 5.74) is 0. The molecule has 5 heteroatoms. The van der Waals surface area contributed by atoms with Gasteiger partial charge in [0.15, 0.2) is 0 Å². The molecule has 0 spiro atoms. The number of hydrogen-bond donors (Lipinski definition) is 3. The van der Waals surface area contributed by atoms with Gasteiger partial charge in [-0.05, 0) is 25.7 Å². The molecule has 0 aromatic carbocycles. The lowest BCUT2D eigenvalue weighted by molar-refractivity contribution is -0.140. The molecular formula is C17H34O5. The Hall–Kier alpha value is -0.650. The van der Waals surface area contributed by atoms with Crippen molar-refractivity contribution in [2.24, 2.45) is 0 Å². The van der Waals surface area contributed by atoms with E-state index in [-0.39, 0.29) is 12.6 Å². The summed E-state index contributed by atoms with van der Waals surface area (Å²) in [7, 11) is 1.40. The number of ether oxygens (including phenoxy) is 1. The molecule has 0 unspecified atom stereocenters. The highest BCUT2D eigenvalue weighted by molar-refractivity contribution is 5.68. The average Bonchev–Trinajstić information content (AvgIpc) is 2.52. The number of rotatable bonds is 15. The number of esters is 1. The second-order valence-corrected chi connectivity index (χ2v) is 5.94. The predicted octanol–water partition coefficient (Wildman–Crippen LogP) is 2.55. The lowest BCUT2D eigenvalue weighted by Gasteiger charge is -2.17. The quantitative estimate of drug-likeness (QED) is 0.319. The van der Waals surface area contributed by atoms with E-state index in [0.29, 0.717) is 19.3 Å². The number of carbonyl (C=O) groups excluding carboxylic acids is 1. The Balaban J connectivity index is 3.40. The van der Waals surface area contributed by atoms with Crippen molar-refractivity contribution in [2.45, 2.75) is 89.3 Å². The highest BCUT2D eigenvalue weighted by Crippen LogP contribution is 2.14. The zero-order valence-electron chi connectivity index (χ0n) is 14.0. The minimum atomic E-state index is -0.632. The molecule has 2 atom stereocenters. The zero-order valence-corrected chi connectivity index (χ0v) is 14.0. The van der Waals surface area contributed by atoms with E-state index in [1.165, 1.54) is 7.11 Å². The Labute approximate surface area is 134 Å². The van der Waals surface area contributed by atoms with Gasteiger partial charge in [0.1, 0.15) is 0 Å². The van der Waals surface area contributed by atoms with Crippen LogP contribution in [0.1, 0.15) is 77.0 Å². The molecule has 3 N–H and O–H groups in total. The summed E-state index contributed by atoms with van der Waals surface area (Å²) in [5, 5.41) is 28.4. The van der Waals surface area contributed by atoms with Gasteiger partial charge in [0.05, 0.1) is 19.3 Å².